The first kappa shape index (κ1) is 28.6. The molecule has 0 radical (unpaired) electrons. The SMILES string of the molecule is CCCCOC(=O)N(CCc1ccccc1)CCc1ccc(C(=O)OC(C)(C)C)cc1/C=C/C(=O)O. The van der Waals surface area contributed by atoms with Gasteiger partial charge in [0.2, 0.25) is 0 Å². The standard InChI is InChI=1S/C29H37NO6/c1-5-6-20-35-28(34)30(18-16-22-10-8-7-9-11-22)19-17-23-12-13-25(27(33)36-29(2,3)4)21-24(23)14-15-26(31)32/h7-15,21H,5-6,16-20H2,1-4H3,(H,31,32)/b15-14+. The van der Waals surface area contributed by atoms with E-state index in [4.69, 9.17) is 14.6 Å². The van der Waals surface area contributed by atoms with Crippen LogP contribution in [0.5, 0.6) is 0 Å². The van der Waals surface area contributed by atoms with Gasteiger partial charge in [-0.05, 0) is 74.9 Å². The lowest BCUT2D eigenvalue weighted by atomic mass is 10.00. The molecule has 0 heterocycles. The zero-order valence-corrected chi connectivity index (χ0v) is 21.7. The van der Waals surface area contributed by atoms with Crippen molar-refractivity contribution in [3.8, 4) is 0 Å². The summed E-state index contributed by atoms with van der Waals surface area (Å²) in [5.74, 6) is -1.57. The van der Waals surface area contributed by atoms with Crippen LogP contribution in [0.3, 0.4) is 0 Å². The number of hydrogen-bond acceptors (Lipinski definition) is 5. The number of carboxylic acid groups (broad SMARTS) is 1. The Morgan fingerprint density at radius 3 is 2.33 bits per heavy atom. The number of benzene rings is 2. The number of hydrogen-bond donors (Lipinski definition) is 1. The largest absolute Gasteiger partial charge is 0.478 e. The summed E-state index contributed by atoms with van der Waals surface area (Å²) in [6.45, 7) is 8.64. The Morgan fingerprint density at radius 1 is 1.00 bits per heavy atom. The Hall–Kier alpha value is -3.61. The molecule has 0 atom stereocenters. The fraction of sp³-hybridized carbons (Fsp3) is 0.414. The van der Waals surface area contributed by atoms with Crippen molar-refractivity contribution in [1.29, 1.82) is 0 Å². The van der Waals surface area contributed by atoms with E-state index in [-0.39, 0.29) is 6.09 Å². The highest BCUT2D eigenvalue weighted by Crippen LogP contribution is 2.19. The van der Waals surface area contributed by atoms with Gasteiger partial charge in [0.25, 0.3) is 0 Å². The molecule has 0 saturated carbocycles. The first-order valence-corrected chi connectivity index (χ1v) is 12.3. The third kappa shape index (κ3) is 10.3. The van der Waals surface area contributed by atoms with E-state index in [1.54, 1.807) is 43.9 Å². The van der Waals surface area contributed by atoms with Crippen LogP contribution in [-0.4, -0.2) is 53.3 Å². The Morgan fingerprint density at radius 2 is 1.69 bits per heavy atom. The minimum Gasteiger partial charge on any atom is -0.478 e. The quantitative estimate of drug-likeness (QED) is 0.228. The van der Waals surface area contributed by atoms with E-state index in [1.807, 2.05) is 37.3 Å². The molecular weight excluding hydrogens is 458 g/mol. The first-order chi connectivity index (χ1) is 17.1. The molecule has 2 aromatic rings. The van der Waals surface area contributed by atoms with Crippen LogP contribution in [-0.2, 0) is 27.1 Å². The van der Waals surface area contributed by atoms with Gasteiger partial charge in [-0.3, -0.25) is 0 Å². The number of rotatable bonds is 12. The van der Waals surface area contributed by atoms with E-state index in [1.165, 1.54) is 6.08 Å². The summed E-state index contributed by atoms with van der Waals surface area (Å²) < 4.78 is 10.9. The Kier molecular flexibility index (Phi) is 11.2. The van der Waals surface area contributed by atoms with E-state index in [2.05, 4.69) is 0 Å². The second-order valence-electron chi connectivity index (χ2n) is 9.53. The Bertz CT molecular complexity index is 1040. The Labute approximate surface area is 213 Å². The van der Waals surface area contributed by atoms with Gasteiger partial charge < -0.3 is 19.5 Å². The number of carbonyl (C=O) groups is 3. The summed E-state index contributed by atoms with van der Waals surface area (Å²) in [4.78, 5) is 38.1. The second-order valence-corrected chi connectivity index (χ2v) is 9.53. The summed E-state index contributed by atoms with van der Waals surface area (Å²) in [5.41, 5.74) is 2.20. The number of ether oxygens (including phenoxy) is 2. The second kappa shape index (κ2) is 14.1. The van der Waals surface area contributed by atoms with Crippen LogP contribution >= 0.6 is 0 Å². The molecule has 0 aromatic heterocycles. The van der Waals surface area contributed by atoms with Crippen LogP contribution in [0.2, 0.25) is 0 Å². The zero-order valence-electron chi connectivity index (χ0n) is 21.7. The average molecular weight is 496 g/mol. The number of nitrogens with zero attached hydrogens (tertiary/aromatic N) is 1. The molecule has 0 bridgehead atoms. The molecule has 0 saturated heterocycles. The van der Waals surface area contributed by atoms with Crippen molar-refractivity contribution in [3.63, 3.8) is 0 Å². The third-order valence-electron chi connectivity index (χ3n) is 5.33. The molecule has 7 nitrogen and oxygen atoms in total. The van der Waals surface area contributed by atoms with E-state index in [0.717, 1.165) is 30.0 Å². The van der Waals surface area contributed by atoms with Crippen molar-refractivity contribution in [2.75, 3.05) is 19.7 Å². The zero-order chi connectivity index (χ0) is 26.6. The van der Waals surface area contributed by atoms with Crippen molar-refractivity contribution in [1.82, 2.24) is 4.90 Å². The van der Waals surface area contributed by atoms with Crippen molar-refractivity contribution < 1.29 is 29.0 Å². The number of amides is 1. The maximum atomic E-state index is 12.8. The number of esters is 1. The molecule has 36 heavy (non-hydrogen) atoms. The molecule has 194 valence electrons. The number of unbranched alkanes of at least 4 members (excludes halogenated alkanes) is 1. The Balaban J connectivity index is 2.21. The highest BCUT2D eigenvalue weighted by molar-refractivity contribution is 5.91. The van der Waals surface area contributed by atoms with Crippen LogP contribution in [0.4, 0.5) is 4.79 Å². The topological polar surface area (TPSA) is 93.1 Å². The predicted molar refractivity (Wildman–Crippen MR) is 140 cm³/mol. The monoisotopic (exact) mass is 495 g/mol. The molecule has 0 fully saturated rings. The minimum absolute atomic E-state index is 0.332. The van der Waals surface area contributed by atoms with E-state index < -0.39 is 17.5 Å². The molecule has 2 rings (SSSR count). The van der Waals surface area contributed by atoms with Crippen LogP contribution in [0.15, 0.2) is 54.6 Å². The normalized spacial score (nSPS) is 11.3. The molecule has 0 spiro atoms. The van der Waals surface area contributed by atoms with Gasteiger partial charge in [0.1, 0.15) is 5.60 Å². The van der Waals surface area contributed by atoms with Gasteiger partial charge in [0.15, 0.2) is 0 Å². The minimum atomic E-state index is -1.09. The lowest BCUT2D eigenvalue weighted by molar-refractivity contribution is -0.131. The number of carbonyl (C=O) groups excluding carboxylic acids is 2. The molecule has 0 aliphatic heterocycles. The van der Waals surface area contributed by atoms with Gasteiger partial charge in [-0.25, -0.2) is 14.4 Å². The molecule has 0 unspecified atom stereocenters. The molecule has 1 N–H and O–H groups in total. The highest BCUT2D eigenvalue weighted by atomic mass is 16.6. The first-order valence-electron chi connectivity index (χ1n) is 12.3. The van der Waals surface area contributed by atoms with E-state index in [0.29, 0.717) is 43.7 Å². The summed E-state index contributed by atoms with van der Waals surface area (Å²) in [7, 11) is 0. The third-order valence-corrected chi connectivity index (χ3v) is 5.33. The summed E-state index contributed by atoms with van der Waals surface area (Å²) in [6, 6.07) is 15.0. The predicted octanol–water partition coefficient (Wildman–Crippen LogP) is 5.76. The summed E-state index contributed by atoms with van der Waals surface area (Å²) in [5, 5.41) is 9.12. The molecular formula is C29H37NO6. The number of carboxylic acids is 1. The van der Waals surface area contributed by atoms with Crippen molar-refractivity contribution in [3.05, 3.63) is 76.9 Å². The van der Waals surface area contributed by atoms with Gasteiger partial charge in [0.05, 0.1) is 12.2 Å². The van der Waals surface area contributed by atoms with Gasteiger partial charge in [-0.1, -0.05) is 49.7 Å². The summed E-state index contributed by atoms with van der Waals surface area (Å²) >= 11 is 0. The molecule has 1 amide bonds. The van der Waals surface area contributed by atoms with Crippen LogP contribution in [0, 0.1) is 0 Å². The molecule has 2 aromatic carbocycles. The molecule has 7 heteroatoms. The smallest absolute Gasteiger partial charge is 0.409 e. The summed E-state index contributed by atoms with van der Waals surface area (Å²) in [6.07, 6.45) is 5.00. The molecule has 0 aliphatic carbocycles. The van der Waals surface area contributed by atoms with Gasteiger partial charge in [-0.15, -0.1) is 0 Å². The lowest BCUT2D eigenvalue weighted by Gasteiger charge is -2.23. The fourth-order valence-electron chi connectivity index (χ4n) is 3.46. The van der Waals surface area contributed by atoms with Crippen molar-refractivity contribution >= 4 is 24.1 Å². The van der Waals surface area contributed by atoms with Crippen LogP contribution in [0.25, 0.3) is 6.08 Å². The van der Waals surface area contributed by atoms with Crippen LogP contribution < -0.4 is 0 Å². The maximum absolute atomic E-state index is 12.8. The van der Waals surface area contributed by atoms with Gasteiger partial charge >= 0.3 is 18.0 Å². The lowest BCUT2D eigenvalue weighted by Crippen LogP contribution is -2.35. The van der Waals surface area contributed by atoms with Crippen molar-refractivity contribution in [2.24, 2.45) is 0 Å². The van der Waals surface area contributed by atoms with Gasteiger partial charge in [0, 0.05) is 19.2 Å². The highest BCUT2D eigenvalue weighted by Gasteiger charge is 2.20. The van der Waals surface area contributed by atoms with Crippen molar-refractivity contribution in [2.45, 2.75) is 59.0 Å². The fourth-order valence-corrected chi connectivity index (χ4v) is 3.46. The van der Waals surface area contributed by atoms with Crippen LogP contribution in [0.1, 0.15) is 67.6 Å². The number of aliphatic carboxylic acids is 1. The van der Waals surface area contributed by atoms with Gasteiger partial charge in [-0.2, -0.15) is 0 Å². The maximum Gasteiger partial charge on any atom is 0.409 e. The van der Waals surface area contributed by atoms with E-state index in [9.17, 15) is 14.4 Å². The van der Waals surface area contributed by atoms with E-state index >= 15 is 0 Å². The molecule has 0 aliphatic rings. The average Bonchev–Trinajstić information content (AvgIpc) is 2.82.